The summed E-state index contributed by atoms with van der Waals surface area (Å²) in [6.45, 7) is 0. The third kappa shape index (κ3) is 2.45. The Labute approximate surface area is 112 Å². The first kappa shape index (κ1) is 12.5. The lowest BCUT2D eigenvalue weighted by Gasteiger charge is -2.20. The second kappa shape index (κ2) is 4.52. The summed E-state index contributed by atoms with van der Waals surface area (Å²) in [7, 11) is -2.98. The molecule has 0 bridgehead atoms. The molecular formula is C13H17N3O2S. The van der Waals surface area contributed by atoms with Gasteiger partial charge in [-0.15, -0.1) is 0 Å². The van der Waals surface area contributed by atoms with Gasteiger partial charge in [0, 0.05) is 23.4 Å². The van der Waals surface area contributed by atoms with Gasteiger partial charge in [-0.3, -0.25) is 5.10 Å². The predicted octanol–water partition coefficient (Wildman–Crippen LogP) is 1.94. The molecule has 1 heterocycles. The van der Waals surface area contributed by atoms with E-state index in [-0.39, 0.29) is 11.3 Å². The van der Waals surface area contributed by atoms with Gasteiger partial charge >= 0.3 is 0 Å². The standard InChI is InChI=1S/C13H17N3O2S/c1-19(17,18)13-4-2-3-12(13)15-10-5-6-11-9(7-10)8-14-16-11/h5-8,12-13,15H,2-4H2,1H3,(H,14,16). The van der Waals surface area contributed by atoms with Crippen molar-refractivity contribution in [3.8, 4) is 0 Å². The summed E-state index contributed by atoms with van der Waals surface area (Å²) in [5, 5.41) is 11.0. The van der Waals surface area contributed by atoms with Crippen LogP contribution in [0.4, 0.5) is 5.69 Å². The van der Waals surface area contributed by atoms with Crippen molar-refractivity contribution in [2.24, 2.45) is 0 Å². The molecule has 0 saturated heterocycles. The van der Waals surface area contributed by atoms with Crippen molar-refractivity contribution in [3.05, 3.63) is 24.4 Å². The van der Waals surface area contributed by atoms with Gasteiger partial charge in [0.05, 0.1) is 17.0 Å². The Morgan fingerprint density at radius 2 is 2.21 bits per heavy atom. The van der Waals surface area contributed by atoms with Crippen LogP contribution in [0.1, 0.15) is 19.3 Å². The zero-order valence-corrected chi connectivity index (χ0v) is 11.6. The summed E-state index contributed by atoms with van der Waals surface area (Å²) in [5.74, 6) is 0. The molecule has 2 aromatic rings. The third-order valence-electron chi connectivity index (χ3n) is 3.79. The molecule has 0 amide bonds. The Hall–Kier alpha value is -1.56. The molecule has 6 heteroatoms. The Kier molecular flexibility index (Phi) is 2.97. The van der Waals surface area contributed by atoms with Crippen molar-refractivity contribution in [1.29, 1.82) is 0 Å². The van der Waals surface area contributed by atoms with E-state index in [0.717, 1.165) is 35.9 Å². The highest BCUT2D eigenvalue weighted by Gasteiger charge is 2.34. The van der Waals surface area contributed by atoms with E-state index in [2.05, 4.69) is 15.5 Å². The molecule has 19 heavy (non-hydrogen) atoms. The summed E-state index contributed by atoms with van der Waals surface area (Å²) < 4.78 is 23.5. The van der Waals surface area contributed by atoms with E-state index in [1.165, 1.54) is 6.26 Å². The largest absolute Gasteiger partial charge is 0.381 e. The summed E-state index contributed by atoms with van der Waals surface area (Å²) in [6.07, 6.45) is 5.72. The van der Waals surface area contributed by atoms with E-state index in [1.807, 2.05) is 18.2 Å². The molecule has 1 aromatic carbocycles. The van der Waals surface area contributed by atoms with Crippen LogP contribution in [-0.2, 0) is 9.84 Å². The first-order valence-electron chi connectivity index (χ1n) is 6.42. The van der Waals surface area contributed by atoms with Crippen LogP contribution in [0.5, 0.6) is 0 Å². The van der Waals surface area contributed by atoms with Gasteiger partial charge in [-0.05, 0) is 37.5 Å². The van der Waals surface area contributed by atoms with E-state index in [9.17, 15) is 8.42 Å². The monoisotopic (exact) mass is 279 g/mol. The van der Waals surface area contributed by atoms with E-state index in [4.69, 9.17) is 0 Å². The molecule has 0 radical (unpaired) electrons. The Morgan fingerprint density at radius 1 is 1.37 bits per heavy atom. The number of aromatic amines is 1. The van der Waals surface area contributed by atoms with E-state index in [0.29, 0.717) is 0 Å². The zero-order valence-electron chi connectivity index (χ0n) is 10.8. The highest BCUT2D eigenvalue weighted by atomic mass is 32.2. The molecule has 0 spiro atoms. The molecule has 1 saturated carbocycles. The quantitative estimate of drug-likeness (QED) is 0.900. The van der Waals surface area contributed by atoms with E-state index in [1.54, 1.807) is 6.20 Å². The number of sulfone groups is 1. The molecule has 1 fully saturated rings. The van der Waals surface area contributed by atoms with Crippen molar-refractivity contribution in [2.45, 2.75) is 30.6 Å². The Bertz CT molecular complexity index is 693. The molecule has 2 unspecified atom stereocenters. The maximum atomic E-state index is 11.8. The fraction of sp³-hybridized carbons (Fsp3) is 0.462. The summed E-state index contributed by atoms with van der Waals surface area (Å²) in [5.41, 5.74) is 1.94. The van der Waals surface area contributed by atoms with Gasteiger partial charge in [0.15, 0.2) is 9.84 Å². The van der Waals surface area contributed by atoms with E-state index >= 15 is 0 Å². The number of nitrogens with one attached hydrogen (secondary N) is 2. The van der Waals surface area contributed by atoms with Crippen LogP contribution in [0.3, 0.4) is 0 Å². The maximum Gasteiger partial charge on any atom is 0.152 e. The molecule has 102 valence electrons. The number of aromatic nitrogens is 2. The molecular weight excluding hydrogens is 262 g/mol. The normalized spacial score (nSPS) is 23.8. The Morgan fingerprint density at radius 3 is 3.00 bits per heavy atom. The number of hydrogen-bond acceptors (Lipinski definition) is 4. The number of rotatable bonds is 3. The second-order valence-electron chi connectivity index (χ2n) is 5.22. The van der Waals surface area contributed by atoms with Gasteiger partial charge in [-0.1, -0.05) is 0 Å². The highest BCUT2D eigenvalue weighted by molar-refractivity contribution is 7.91. The van der Waals surface area contributed by atoms with Gasteiger partial charge in [0.25, 0.3) is 0 Å². The van der Waals surface area contributed by atoms with Crippen LogP contribution in [0, 0.1) is 0 Å². The zero-order chi connectivity index (χ0) is 13.5. The minimum Gasteiger partial charge on any atom is -0.381 e. The predicted molar refractivity (Wildman–Crippen MR) is 76.0 cm³/mol. The van der Waals surface area contributed by atoms with Crippen molar-refractivity contribution in [2.75, 3.05) is 11.6 Å². The van der Waals surface area contributed by atoms with Crippen LogP contribution >= 0.6 is 0 Å². The van der Waals surface area contributed by atoms with Gasteiger partial charge in [0.2, 0.25) is 0 Å². The average Bonchev–Trinajstić information content (AvgIpc) is 2.95. The number of H-pyrrole nitrogens is 1. The summed E-state index contributed by atoms with van der Waals surface area (Å²) >= 11 is 0. The number of benzene rings is 1. The molecule has 5 nitrogen and oxygen atoms in total. The van der Waals surface area contributed by atoms with Crippen LogP contribution in [0.25, 0.3) is 10.9 Å². The first-order valence-corrected chi connectivity index (χ1v) is 8.38. The SMILES string of the molecule is CS(=O)(=O)C1CCCC1Nc1ccc2[nH]ncc2c1. The fourth-order valence-electron chi connectivity index (χ4n) is 2.85. The van der Waals surface area contributed by atoms with Gasteiger partial charge in [-0.2, -0.15) is 5.10 Å². The second-order valence-corrected chi connectivity index (χ2v) is 7.49. The van der Waals surface area contributed by atoms with Crippen molar-refractivity contribution in [3.63, 3.8) is 0 Å². The van der Waals surface area contributed by atoms with Crippen LogP contribution in [0.15, 0.2) is 24.4 Å². The fourth-order valence-corrected chi connectivity index (χ4v) is 4.25. The molecule has 2 atom stereocenters. The van der Waals surface area contributed by atoms with Crippen LogP contribution < -0.4 is 5.32 Å². The molecule has 0 aliphatic heterocycles. The third-order valence-corrected chi connectivity index (χ3v) is 5.46. The maximum absolute atomic E-state index is 11.8. The number of anilines is 1. The summed E-state index contributed by atoms with van der Waals surface area (Å²) in [6, 6.07) is 5.92. The lowest BCUT2D eigenvalue weighted by molar-refractivity contribution is 0.579. The van der Waals surface area contributed by atoms with Crippen molar-refractivity contribution >= 4 is 26.4 Å². The van der Waals surface area contributed by atoms with Crippen molar-refractivity contribution in [1.82, 2.24) is 10.2 Å². The van der Waals surface area contributed by atoms with Gasteiger partial charge in [0.1, 0.15) is 0 Å². The van der Waals surface area contributed by atoms with Gasteiger partial charge in [-0.25, -0.2) is 8.42 Å². The molecule has 1 aliphatic carbocycles. The Balaban J connectivity index is 1.84. The minimum absolute atomic E-state index is 0.0133. The van der Waals surface area contributed by atoms with Crippen LogP contribution in [0.2, 0.25) is 0 Å². The topological polar surface area (TPSA) is 74.8 Å². The minimum atomic E-state index is -2.98. The molecule has 2 N–H and O–H groups in total. The lowest BCUT2D eigenvalue weighted by Crippen LogP contribution is -2.34. The number of nitrogens with zero attached hydrogens (tertiary/aromatic N) is 1. The molecule has 3 rings (SSSR count). The first-order chi connectivity index (χ1) is 9.04. The summed E-state index contributed by atoms with van der Waals surface area (Å²) in [4.78, 5) is 0. The average molecular weight is 279 g/mol. The number of hydrogen-bond donors (Lipinski definition) is 2. The lowest BCUT2D eigenvalue weighted by atomic mass is 10.2. The van der Waals surface area contributed by atoms with Crippen LogP contribution in [-0.4, -0.2) is 36.2 Å². The highest BCUT2D eigenvalue weighted by Crippen LogP contribution is 2.28. The molecule has 1 aliphatic rings. The van der Waals surface area contributed by atoms with E-state index < -0.39 is 9.84 Å². The van der Waals surface area contributed by atoms with Gasteiger partial charge < -0.3 is 5.32 Å². The number of fused-ring (bicyclic) bond motifs is 1. The van der Waals surface area contributed by atoms with Crippen molar-refractivity contribution < 1.29 is 8.42 Å². The molecule has 1 aromatic heterocycles. The smallest absolute Gasteiger partial charge is 0.152 e.